The first-order valence-electron chi connectivity index (χ1n) is 6.84. The maximum Gasteiger partial charge on any atom is 0.261 e. The lowest BCUT2D eigenvalue weighted by Crippen LogP contribution is -2.37. The van der Waals surface area contributed by atoms with Crippen LogP contribution >= 0.6 is 10.7 Å². The van der Waals surface area contributed by atoms with Crippen molar-refractivity contribution < 1.29 is 17.9 Å². The highest BCUT2D eigenvalue weighted by Gasteiger charge is 2.29. The molecule has 1 aromatic rings. The number of benzene rings is 1. The van der Waals surface area contributed by atoms with Crippen LogP contribution in [0.2, 0.25) is 0 Å². The van der Waals surface area contributed by atoms with E-state index in [9.17, 15) is 13.2 Å². The Morgan fingerprint density at radius 1 is 1.52 bits per heavy atom. The number of hydrogen-bond donors (Lipinski definition) is 1. The van der Waals surface area contributed by atoms with Gasteiger partial charge in [-0.1, -0.05) is 6.92 Å². The average molecular weight is 332 g/mol. The van der Waals surface area contributed by atoms with Gasteiger partial charge in [-0.05, 0) is 38.0 Å². The summed E-state index contributed by atoms with van der Waals surface area (Å²) in [5, 5.41) is 2.92. The molecular weight excluding hydrogens is 314 g/mol. The van der Waals surface area contributed by atoms with Gasteiger partial charge in [-0.3, -0.25) is 4.79 Å². The Balaban J connectivity index is 2.35. The third-order valence-corrected chi connectivity index (χ3v) is 4.97. The van der Waals surface area contributed by atoms with Crippen molar-refractivity contribution >= 4 is 25.6 Å². The Morgan fingerprint density at radius 2 is 2.24 bits per heavy atom. The van der Waals surface area contributed by atoms with Crippen LogP contribution in [0.3, 0.4) is 0 Å². The minimum absolute atomic E-state index is 0.0187. The van der Waals surface area contributed by atoms with E-state index >= 15 is 0 Å². The van der Waals surface area contributed by atoms with E-state index in [0.29, 0.717) is 24.3 Å². The molecule has 5 nitrogen and oxygen atoms in total. The molecule has 2 atom stereocenters. The van der Waals surface area contributed by atoms with Gasteiger partial charge in [0.05, 0.1) is 17.4 Å². The Kier molecular flexibility index (Phi) is 4.78. The second kappa shape index (κ2) is 6.23. The number of fused-ring (bicyclic) bond motifs is 1. The molecular formula is C14H18ClNO4S. The van der Waals surface area contributed by atoms with Gasteiger partial charge in [0.25, 0.3) is 9.05 Å². The van der Waals surface area contributed by atoms with Gasteiger partial charge in [-0.25, -0.2) is 8.42 Å². The third-order valence-electron chi connectivity index (χ3n) is 3.62. The number of carbonyl (C=O) groups is 1. The normalized spacial score (nSPS) is 19.3. The van der Waals surface area contributed by atoms with Crippen LogP contribution in [0.1, 0.15) is 38.2 Å². The fourth-order valence-electron chi connectivity index (χ4n) is 2.24. The fraction of sp³-hybridized carbons (Fsp3) is 0.500. The van der Waals surface area contributed by atoms with Crippen molar-refractivity contribution in [2.24, 2.45) is 0 Å². The molecule has 0 aliphatic carbocycles. The molecule has 0 spiro atoms. The molecule has 2 unspecified atom stereocenters. The van der Waals surface area contributed by atoms with Gasteiger partial charge in [0.1, 0.15) is 5.75 Å². The molecule has 0 saturated carbocycles. The Hall–Kier alpha value is -1.27. The lowest BCUT2D eigenvalue weighted by atomic mass is 9.92. The molecule has 0 radical (unpaired) electrons. The summed E-state index contributed by atoms with van der Waals surface area (Å²) in [4.78, 5) is 12.3. The van der Waals surface area contributed by atoms with Crippen molar-refractivity contribution in [2.75, 3.05) is 6.61 Å². The van der Waals surface area contributed by atoms with E-state index in [1.165, 1.54) is 12.1 Å². The maximum absolute atomic E-state index is 12.3. The Labute approximate surface area is 129 Å². The zero-order valence-electron chi connectivity index (χ0n) is 11.9. The maximum atomic E-state index is 12.3. The molecule has 1 amide bonds. The quantitative estimate of drug-likeness (QED) is 0.860. The SMILES string of the molecule is CCC(C)NC(=O)C1CCOc2ccc(S(=O)(=O)Cl)cc21. The van der Waals surface area contributed by atoms with Crippen LogP contribution in [-0.2, 0) is 13.8 Å². The second-order valence-corrected chi connectivity index (χ2v) is 7.71. The summed E-state index contributed by atoms with van der Waals surface area (Å²) in [6.45, 7) is 4.34. The van der Waals surface area contributed by atoms with Gasteiger partial charge in [-0.15, -0.1) is 0 Å². The van der Waals surface area contributed by atoms with Crippen molar-refractivity contribution in [1.82, 2.24) is 5.32 Å². The van der Waals surface area contributed by atoms with Crippen molar-refractivity contribution in [2.45, 2.75) is 43.5 Å². The molecule has 1 N–H and O–H groups in total. The van der Waals surface area contributed by atoms with Crippen LogP contribution in [0.4, 0.5) is 0 Å². The predicted octanol–water partition coefficient (Wildman–Crippen LogP) is 2.39. The highest BCUT2D eigenvalue weighted by atomic mass is 35.7. The van der Waals surface area contributed by atoms with Crippen molar-refractivity contribution in [1.29, 1.82) is 0 Å². The fourth-order valence-corrected chi connectivity index (χ4v) is 3.03. The number of halogens is 1. The van der Waals surface area contributed by atoms with Gasteiger partial charge < -0.3 is 10.1 Å². The zero-order chi connectivity index (χ0) is 15.6. The number of ether oxygens (including phenoxy) is 1. The molecule has 0 aromatic heterocycles. The summed E-state index contributed by atoms with van der Waals surface area (Å²) in [6.07, 6.45) is 1.35. The van der Waals surface area contributed by atoms with Crippen molar-refractivity contribution in [3.63, 3.8) is 0 Å². The van der Waals surface area contributed by atoms with Gasteiger partial charge >= 0.3 is 0 Å². The lowest BCUT2D eigenvalue weighted by Gasteiger charge is -2.26. The van der Waals surface area contributed by atoms with Crippen LogP contribution in [0, 0.1) is 0 Å². The zero-order valence-corrected chi connectivity index (χ0v) is 13.5. The molecule has 21 heavy (non-hydrogen) atoms. The number of nitrogens with one attached hydrogen (secondary N) is 1. The minimum Gasteiger partial charge on any atom is -0.493 e. The molecule has 0 bridgehead atoms. The highest BCUT2D eigenvalue weighted by Crippen LogP contribution is 2.36. The monoisotopic (exact) mass is 331 g/mol. The highest BCUT2D eigenvalue weighted by molar-refractivity contribution is 8.13. The first-order chi connectivity index (χ1) is 9.82. The van der Waals surface area contributed by atoms with Gasteiger partial charge in [-0.2, -0.15) is 0 Å². The van der Waals surface area contributed by atoms with Crippen LogP contribution in [0.15, 0.2) is 23.1 Å². The van der Waals surface area contributed by atoms with Gasteiger partial charge in [0, 0.05) is 22.3 Å². The van der Waals surface area contributed by atoms with Gasteiger partial charge in [0.2, 0.25) is 5.91 Å². The van der Waals surface area contributed by atoms with E-state index in [-0.39, 0.29) is 16.8 Å². The van der Waals surface area contributed by atoms with E-state index in [1.54, 1.807) is 6.07 Å². The number of carbonyl (C=O) groups excluding carboxylic acids is 1. The topological polar surface area (TPSA) is 72.5 Å². The standard InChI is InChI=1S/C14H18ClNO4S/c1-3-9(2)16-14(17)11-6-7-20-13-5-4-10(8-12(11)13)21(15,18)19/h4-5,8-9,11H,3,6-7H2,1-2H3,(H,16,17). The Morgan fingerprint density at radius 3 is 2.86 bits per heavy atom. The molecule has 1 heterocycles. The summed E-state index contributed by atoms with van der Waals surface area (Å²) in [5.41, 5.74) is 0.573. The lowest BCUT2D eigenvalue weighted by molar-refractivity contribution is -0.123. The van der Waals surface area contributed by atoms with E-state index in [1.807, 2.05) is 13.8 Å². The van der Waals surface area contributed by atoms with Gasteiger partial charge in [0.15, 0.2) is 0 Å². The molecule has 116 valence electrons. The average Bonchev–Trinajstić information content (AvgIpc) is 2.44. The van der Waals surface area contributed by atoms with E-state index in [0.717, 1.165) is 6.42 Å². The number of hydrogen-bond acceptors (Lipinski definition) is 4. The van der Waals surface area contributed by atoms with E-state index in [4.69, 9.17) is 15.4 Å². The smallest absolute Gasteiger partial charge is 0.261 e. The predicted molar refractivity (Wildman–Crippen MR) is 80.2 cm³/mol. The molecule has 1 aromatic carbocycles. The van der Waals surface area contributed by atoms with E-state index in [2.05, 4.69) is 5.32 Å². The number of rotatable bonds is 4. The second-order valence-electron chi connectivity index (χ2n) is 5.15. The molecule has 2 rings (SSSR count). The molecule has 0 saturated heterocycles. The first kappa shape index (κ1) is 16.1. The number of amides is 1. The van der Waals surface area contributed by atoms with Crippen molar-refractivity contribution in [3.8, 4) is 5.75 Å². The third kappa shape index (κ3) is 3.68. The van der Waals surface area contributed by atoms with Crippen LogP contribution in [-0.4, -0.2) is 27.0 Å². The Bertz CT molecular complexity index is 644. The molecule has 1 aliphatic heterocycles. The van der Waals surface area contributed by atoms with Crippen LogP contribution in [0.5, 0.6) is 5.75 Å². The summed E-state index contributed by atoms with van der Waals surface area (Å²) < 4.78 is 28.4. The largest absolute Gasteiger partial charge is 0.493 e. The van der Waals surface area contributed by atoms with Crippen molar-refractivity contribution in [3.05, 3.63) is 23.8 Å². The van der Waals surface area contributed by atoms with E-state index < -0.39 is 15.0 Å². The summed E-state index contributed by atoms with van der Waals surface area (Å²) in [5.74, 6) is 0.00811. The molecule has 7 heteroatoms. The molecule has 0 fully saturated rings. The summed E-state index contributed by atoms with van der Waals surface area (Å²) >= 11 is 0. The van der Waals surface area contributed by atoms with Crippen LogP contribution < -0.4 is 10.1 Å². The molecule has 1 aliphatic rings. The first-order valence-corrected chi connectivity index (χ1v) is 9.15. The summed E-state index contributed by atoms with van der Waals surface area (Å²) in [7, 11) is 1.54. The van der Waals surface area contributed by atoms with Crippen LogP contribution in [0.25, 0.3) is 0 Å². The minimum atomic E-state index is -3.83. The summed E-state index contributed by atoms with van der Waals surface area (Å²) in [6, 6.07) is 4.44.